The molecule has 0 spiro atoms. The molecule has 1 saturated heterocycles. The summed E-state index contributed by atoms with van der Waals surface area (Å²) in [5, 5.41) is 3.54. The van der Waals surface area contributed by atoms with Gasteiger partial charge in [-0.1, -0.05) is 6.92 Å². The lowest BCUT2D eigenvalue weighted by atomic mass is 10.1. The summed E-state index contributed by atoms with van der Waals surface area (Å²) < 4.78 is 31.3. The summed E-state index contributed by atoms with van der Waals surface area (Å²) in [7, 11) is -3.05. The zero-order chi connectivity index (χ0) is 15.5. The number of hydrogen-bond acceptors (Lipinski definition) is 4. The van der Waals surface area contributed by atoms with Gasteiger partial charge in [-0.25, -0.2) is 12.7 Å². The first kappa shape index (κ1) is 16.5. The van der Waals surface area contributed by atoms with E-state index in [1.54, 1.807) is 4.31 Å². The van der Waals surface area contributed by atoms with Crippen molar-refractivity contribution in [3.05, 3.63) is 23.7 Å². The molecule has 21 heavy (non-hydrogen) atoms. The summed E-state index contributed by atoms with van der Waals surface area (Å²) in [6.45, 7) is 7.15. The highest BCUT2D eigenvalue weighted by Crippen LogP contribution is 2.20. The van der Waals surface area contributed by atoms with Gasteiger partial charge in [0, 0.05) is 19.1 Å². The standard InChI is InChI=1S/C15H26N2O3S/c1-4-11-21(18,19)17-9-7-14(8-10-17)16-13(3)15-6-5-12(2)20-15/h5-6,13-14,16H,4,7-11H2,1-3H3. The van der Waals surface area contributed by atoms with Crippen LogP contribution in [0.1, 0.15) is 50.7 Å². The van der Waals surface area contributed by atoms with E-state index in [-0.39, 0.29) is 11.8 Å². The molecule has 1 aromatic heterocycles. The Hall–Kier alpha value is -0.850. The van der Waals surface area contributed by atoms with Crippen LogP contribution in [0.4, 0.5) is 0 Å². The van der Waals surface area contributed by atoms with E-state index in [9.17, 15) is 8.42 Å². The third-order valence-electron chi connectivity index (χ3n) is 3.98. The second kappa shape index (κ2) is 6.94. The lowest BCUT2D eigenvalue weighted by molar-refractivity contribution is 0.267. The molecule has 2 rings (SSSR count). The zero-order valence-electron chi connectivity index (χ0n) is 13.1. The molecule has 120 valence electrons. The Morgan fingerprint density at radius 2 is 2.05 bits per heavy atom. The highest BCUT2D eigenvalue weighted by atomic mass is 32.2. The molecule has 0 saturated carbocycles. The topological polar surface area (TPSA) is 62.6 Å². The molecule has 0 amide bonds. The number of aryl methyl sites for hydroxylation is 1. The van der Waals surface area contributed by atoms with Crippen molar-refractivity contribution in [3.63, 3.8) is 0 Å². The van der Waals surface area contributed by atoms with Gasteiger partial charge in [-0.05, 0) is 45.2 Å². The summed E-state index contributed by atoms with van der Waals surface area (Å²) in [6.07, 6.45) is 2.38. The van der Waals surface area contributed by atoms with Gasteiger partial charge in [0.25, 0.3) is 0 Å². The monoisotopic (exact) mass is 314 g/mol. The number of hydrogen-bond donors (Lipinski definition) is 1. The highest BCUT2D eigenvalue weighted by Gasteiger charge is 2.28. The van der Waals surface area contributed by atoms with Crippen molar-refractivity contribution in [2.75, 3.05) is 18.8 Å². The fourth-order valence-electron chi connectivity index (χ4n) is 2.81. The van der Waals surface area contributed by atoms with Crippen molar-refractivity contribution in [3.8, 4) is 0 Å². The molecule has 1 unspecified atom stereocenters. The van der Waals surface area contributed by atoms with Crippen LogP contribution in [-0.2, 0) is 10.0 Å². The minimum absolute atomic E-state index is 0.155. The van der Waals surface area contributed by atoms with E-state index in [0.717, 1.165) is 24.4 Å². The lowest BCUT2D eigenvalue weighted by Gasteiger charge is -2.32. The molecule has 0 bridgehead atoms. The predicted octanol–water partition coefficient (Wildman–Crippen LogP) is 2.44. The smallest absolute Gasteiger partial charge is 0.214 e. The Bertz CT molecular complexity index is 545. The number of furan rings is 1. The molecule has 5 nitrogen and oxygen atoms in total. The van der Waals surface area contributed by atoms with Crippen LogP contribution in [0.25, 0.3) is 0 Å². The van der Waals surface area contributed by atoms with E-state index >= 15 is 0 Å². The van der Waals surface area contributed by atoms with Crippen LogP contribution in [-0.4, -0.2) is 37.6 Å². The number of nitrogens with one attached hydrogen (secondary N) is 1. The molecular weight excluding hydrogens is 288 g/mol. The van der Waals surface area contributed by atoms with Crippen molar-refractivity contribution in [2.45, 2.75) is 52.1 Å². The number of nitrogens with zero attached hydrogens (tertiary/aromatic N) is 1. The Balaban J connectivity index is 1.84. The molecule has 0 radical (unpaired) electrons. The van der Waals surface area contributed by atoms with Crippen LogP contribution in [0.5, 0.6) is 0 Å². The van der Waals surface area contributed by atoms with Crippen molar-refractivity contribution in [1.29, 1.82) is 0 Å². The van der Waals surface area contributed by atoms with Crippen molar-refractivity contribution >= 4 is 10.0 Å². The van der Waals surface area contributed by atoms with Gasteiger partial charge in [-0.15, -0.1) is 0 Å². The van der Waals surface area contributed by atoms with Crippen LogP contribution in [0.3, 0.4) is 0 Å². The summed E-state index contributed by atoms with van der Waals surface area (Å²) >= 11 is 0. The van der Waals surface area contributed by atoms with Gasteiger partial charge < -0.3 is 9.73 Å². The molecule has 1 N–H and O–H groups in total. The number of sulfonamides is 1. The fourth-order valence-corrected chi connectivity index (χ4v) is 4.35. The number of rotatable bonds is 6. The second-order valence-corrected chi connectivity index (χ2v) is 7.91. The Labute approximate surface area is 127 Å². The Kier molecular flexibility index (Phi) is 5.46. The zero-order valence-corrected chi connectivity index (χ0v) is 13.9. The first-order valence-corrected chi connectivity index (χ1v) is 9.33. The maximum atomic E-state index is 12.0. The summed E-state index contributed by atoms with van der Waals surface area (Å²) in [5.74, 6) is 2.11. The van der Waals surface area contributed by atoms with Gasteiger partial charge in [0.2, 0.25) is 10.0 Å². The second-order valence-electron chi connectivity index (χ2n) is 5.83. The molecule has 2 heterocycles. The first-order chi connectivity index (χ1) is 9.92. The minimum Gasteiger partial charge on any atom is -0.465 e. The van der Waals surface area contributed by atoms with E-state index in [1.165, 1.54) is 0 Å². The van der Waals surface area contributed by atoms with E-state index in [4.69, 9.17) is 4.42 Å². The van der Waals surface area contributed by atoms with Crippen LogP contribution < -0.4 is 5.32 Å². The molecule has 1 aliphatic heterocycles. The fraction of sp³-hybridized carbons (Fsp3) is 0.733. The van der Waals surface area contributed by atoms with Crippen LogP contribution in [0, 0.1) is 6.92 Å². The van der Waals surface area contributed by atoms with Crippen molar-refractivity contribution in [1.82, 2.24) is 9.62 Å². The van der Waals surface area contributed by atoms with Gasteiger partial charge in [0.1, 0.15) is 11.5 Å². The van der Waals surface area contributed by atoms with Crippen LogP contribution in [0.2, 0.25) is 0 Å². The third-order valence-corrected chi connectivity index (χ3v) is 6.06. The average Bonchev–Trinajstić information content (AvgIpc) is 2.86. The van der Waals surface area contributed by atoms with E-state index < -0.39 is 10.0 Å². The van der Waals surface area contributed by atoms with Gasteiger partial charge in [0.15, 0.2) is 0 Å². The van der Waals surface area contributed by atoms with E-state index in [1.807, 2.05) is 26.0 Å². The van der Waals surface area contributed by atoms with Crippen molar-refractivity contribution < 1.29 is 12.8 Å². The summed E-state index contributed by atoms with van der Waals surface area (Å²) in [4.78, 5) is 0. The first-order valence-electron chi connectivity index (χ1n) is 7.72. The third kappa shape index (κ3) is 4.31. The van der Waals surface area contributed by atoms with Gasteiger partial charge >= 0.3 is 0 Å². The average molecular weight is 314 g/mol. The molecule has 1 atom stereocenters. The minimum atomic E-state index is -3.05. The maximum Gasteiger partial charge on any atom is 0.214 e. The molecule has 0 aliphatic carbocycles. The molecule has 1 aromatic rings. The lowest BCUT2D eigenvalue weighted by Crippen LogP contribution is -2.46. The van der Waals surface area contributed by atoms with Gasteiger partial charge in [-0.3, -0.25) is 0 Å². The molecule has 6 heteroatoms. The van der Waals surface area contributed by atoms with Crippen LogP contribution >= 0.6 is 0 Å². The predicted molar refractivity (Wildman–Crippen MR) is 83.7 cm³/mol. The number of piperidine rings is 1. The van der Waals surface area contributed by atoms with Crippen molar-refractivity contribution in [2.24, 2.45) is 0 Å². The summed E-state index contributed by atoms with van der Waals surface area (Å²) in [6, 6.07) is 4.46. The highest BCUT2D eigenvalue weighted by molar-refractivity contribution is 7.89. The molecule has 0 aromatic carbocycles. The summed E-state index contributed by atoms with van der Waals surface area (Å²) in [5.41, 5.74) is 0. The molecular formula is C15H26N2O3S. The van der Waals surface area contributed by atoms with E-state index in [0.29, 0.717) is 25.6 Å². The van der Waals surface area contributed by atoms with Crippen LogP contribution in [0.15, 0.2) is 16.5 Å². The van der Waals surface area contributed by atoms with Gasteiger partial charge in [-0.2, -0.15) is 0 Å². The Morgan fingerprint density at radius 3 is 2.57 bits per heavy atom. The largest absolute Gasteiger partial charge is 0.465 e. The van der Waals surface area contributed by atoms with Gasteiger partial charge in [0.05, 0.1) is 11.8 Å². The Morgan fingerprint density at radius 1 is 1.38 bits per heavy atom. The molecule has 1 aliphatic rings. The SMILES string of the molecule is CCCS(=O)(=O)N1CCC(NC(C)c2ccc(C)o2)CC1. The molecule has 1 fully saturated rings. The maximum absolute atomic E-state index is 12.0. The normalized spacial score (nSPS) is 19.8. The van der Waals surface area contributed by atoms with E-state index in [2.05, 4.69) is 12.2 Å². The quantitative estimate of drug-likeness (QED) is 0.876.